The number of halogens is 1. The van der Waals surface area contributed by atoms with E-state index in [2.05, 4.69) is 32.3 Å². The summed E-state index contributed by atoms with van der Waals surface area (Å²) in [5.41, 5.74) is 8.07. The van der Waals surface area contributed by atoms with Crippen molar-refractivity contribution in [1.29, 1.82) is 0 Å². The zero-order valence-corrected chi connectivity index (χ0v) is 4.54. The smallest absolute Gasteiger partial charge is 0.111 e. The topological polar surface area (TPSA) is 36.1 Å². The summed E-state index contributed by atoms with van der Waals surface area (Å²) in [5, 5.41) is 0. The van der Waals surface area contributed by atoms with Crippen molar-refractivity contribution in [1.82, 2.24) is 16.4 Å². The molecule has 1 aliphatic rings. The monoisotopic (exact) mass is 149 g/mol. The molecule has 0 bridgehead atoms. The first-order valence-corrected chi connectivity index (χ1v) is 2.31. The van der Waals surface area contributed by atoms with E-state index in [1.54, 1.807) is 6.20 Å². The van der Waals surface area contributed by atoms with Gasteiger partial charge >= 0.3 is 0 Å². The molecule has 3 nitrogen and oxygen atoms in total. The van der Waals surface area contributed by atoms with Crippen molar-refractivity contribution in [2.75, 3.05) is 0 Å². The fourth-order valence-electron chi connectivity index (χ4n) is 0.231. The van der Waals surface area contributed by atoms with Gasteiger partial charge in [-0.2, -0.15) is 5.53 Å². The Morgan fingerprint density at radius 2 is 2.50 bits per heavy atom. The summed E-state index contributed by atoms with van der Waals surface area (Å²) >= 11 is 3.16. The third kappa shape index (κ3) is 0.636. The van der Waals surface area contributed by atoms with Crippen LogP contribution in [-0.4, -0.2) is 0 Å². The van der Waals surface area contributed by atoms with E-state index in [1.165, 1.54) is 0 Å². The predicted octanol–water partition coefficient (Wildman–Crippen LogP) is -0.207. The Balaban J connectivity index is 2.45. The van der Waals surface area contributed by atoms with Gasteiger partial charge in [-0.15, -0.1) is 0 Å². The van der Waals surface area contributed by atoms with Crippen LogP contribution in [-0.2, 0) is 0 Å². The highest BCUT2D eigenvalue weighted by Crippen LogP contribution is 1.96. The van der Waals surface area contributed by atoms with E-state index >= 15 is 0 Å². The molecule has 0 fully saturated rings. The lowest BCUT2D eigenvalue weighted by molar-refractivity contribution is 0.611. The lowest BCUT2D eigenvalue weighted by Gasteiger charge is -1.89. The van der Waals surface area contributed by atoms with Crippen LogP contribution in [0.3, 0.4) is 0 Å². The minimum atomic E-state index is 0.919. The number of hydrogen-bond donors (Lipinski definition) is 3. The predicted molar refractivity (Wildman–Crippen MR) is 26.4 cm³/mol. The summed E-state index contributed by atoms with van der Waals surface area (Å²) in [6.45, 7) is 0. The van der Waals surface area contributed by atoms with Gasteiger partial charge < -0.3 is 5.43 Å². The molecule has 0 saturated heterocycles. The van der Waals surface area contributed by atoms with Crippen LogP contribution in [0.25, 0.3) is 0 Å². The molecular formula is C2H4BrN3. The van der Waals surface area contributed by atoms with E-state index in [1.807, 2.05) is 0 Å². The Hall–Kier alpha value is -0.220. The molecule has 3 N–H and O–H groups in total. The van der Waals surface area contributed by atoms with Crippen LogP contribution in [0.4, 0.5) is 0 Å². The Kier molecular flexibility index (Phi) is 0.979. The van der Waals surface area contributed by atoms with E-state index < -0.39 is 0 Å². The van der Waals surface area contributed by atoms with Gasteiger partial charge in [0.05, 0.1) is 0 Å². The van der Waals surface area contributed by atoms with Crippen LogP contribution in [0.5, 0.6) is 0 Å². The molecule has 0 aromatic rings. The lowest BCUT2D eigenvalue weighted by atomic mass is 11.0. The number of hydrogen-bond acceptors (Lipinski definition) is 3. The minimum Gasteiger partial charge on any atom is -0.309 e. The Bertz CT molecular complexity index is 78.9. The average molecular weight is 150 g/mol. The Labute approximate surface area is 43.9 Å². The molecule has 0 amide bonds. The quantitative estimate of drug-likeness (QED) is 0.418. The molecule has 1 aliphatic heterocycles. The van der Waals surface area contributed by atoms with Crippen molar-refractivity contribution in [2.45, 2.75) is 0 Å². The number of nitrogens with one attached hydrogen (secondary N) is 3. The second kappa shape index (κ2) is 1.49. The van der Waals surface area contributed by atoms with Crippen LogP contribution >= 0.6 is 15.9 Å². The number of hydrazine groups is 2. The standard InChI is InChI=1S/C2H4BrN3/c3-2-1-4-6-5-2/h1,4-6H. The second-order valence-corrected chi connectivity index (χ2v) is 1.74. The Morgan fingerprint density at radius 3 is 2.67 bits per heavy atom. The molecule has 0 atom stereocenters. The zero-order chi connectivity index (χ0) is 4.41. The third-order valence-electron chi connectivity index (χ3n) is 0.453. The molecule has 0 unspecified atom stereocenters. The molecule has 1 rings (SSSR count). The Morgan fingerprint density at radius 1 is 1.67 bits per heavy atom. The van der Waals surface area contributed by atoms with Crippen LogP contribution in [0.1, 0.15) is 0 Å². The van der Waals surface area contributed by atoms with Gasteiger partial charge in [-0.1, -0.05) is 0 Å². The number of rotatable bonds is 0. The van der Waals surface area contributed by atoms with Gasteiger partial charge in [0.25, 0.3) is 0 Å². The van der Waals surface area contributed by atoms with Crippen molar-refractivity contribution in [2.24, 2.45) is 0 Å². The molecule has 1 heterocycles. The molecule has 0 aromatic carbocycles. The van der Waals surface area contributed by atoms with Gasteiger partial charge in [-0.3, -0.25) is 5.43 Å². The molecule has 0 spiro atoms. The summed E-state index contributed by atoms with van der Waals surface area (Å²) in [7, 11) is 0. The first-order valence-electron chi connectivity index (χ1n) is 1.52. The van der Waals surface area contributed by atoms with E-state index in [9.17, 15) is 0 Å². The maximum Gasteiger partial charge on any atom is 0.111 e. The van der Waals surface area contributed by atoms with Gasteiger partial charge in [0.2, 0.25) is 0 Å². The summed E-state index contributed by atoms with van der Waals surface area (Å²) in [5.74, 6) is 0. The average Bonchev–Trinajstić information content (AvgIpc) is 1.86. The highest BCUT2D eigenvalue weighted by molar-refractivity contribution is 9.11. The molecule has 34 valence electrons. The SMILES string of the molecule is BrC1=CNNN1. The normalized spacial score (nSPS) is 18.5. The largest absolute Gasteiger partial charge is 0.309 e. The van der Waals surface area contributed by atoms with Crippen molar-refractivity contribution in [3.8, 4) is 0 Å². The first-order chi connectivity index (χ1) is 2.89. The van der Waals surface area contributed by atoms with Crippen molar-refractivity contribution < 1.29 is 0 Å². The summed E-state index contributed by atoms with van der Waals surface area (Å²) < 4.78 is 0.919. The molecule has 0 radical (unpaired) electrons. The maximum absolute atomic E-state index is 3.16. The van der Waals surface area contributed by atoms with Crippen LogP contribution in [0.15, 0.2) is 10.8 Å². The highest BCUT2D eigenvalue weighted by Gasteiger charge is 1.91. The zero-order valence-electron chi connectivity index (χ0n) is 2.96. The van der Waals surface area contributed by atoms with Crippen LogP contribution in [0, 0.1) is 0 Å². The van der Waals surface area contributed by atoms with Gasteiger partial charge in [-0.25, -0.2) is 0 Å². The summed E-state index contributed by atoms with van der Waals surface area (Å²) in [6.07, 6.45) is 1.76. The molecule has 4 heteroatoms. The fourth-order valence-corrected chi connectivity index (χ4v) is 0.445. The van der Waals surface area contributed by atoms with E-state index in [-0.39, 0.29) is 0 Å². The molecule has 0 aliphatic carbocycles. The first kappa shape index (κ1) is 3.95. The van der Waals surface area contributed by atoms with E-state index in [0.29, 0.717) is 0 Å². The van der Waals surface area contributed by atoms with E-state index in [0.717, 1.165) is 4.61 Å². The van der Waals surface area contributed by atoms with Crippen molar-refractivity contribution in [3.63, 3.8) is 0 Å². The summed E-state index contributed by atoms with van der Waals surface area (Å²) in [6, 6.07) is 0. The molecular weight excluding hydrogens is 146 g/mol. The van der Waals surface area contributed by atoms with Gasteiger partial charge in [0.1, 0.15) is 4.61 Å². The van der Waals surface area contributed by atoms with Gasteiger partial charge in [0, 0.05) is 6.20 Å². The van der Waals surface area contributed by atoms with E-state index in [4.69, 9.17) is 0 Å². The highest BCUT2D eigenvalue weighted by atomic mass is 79.9. The molecule has 0 aromatic heterocycles. The lowest BCUT2D eigenvalue weighted by Crippen LogP contribution is -2.30. The second-order valence-electron chi connectivity index (χ2n) is 0.887. The third-order valence-corrected chi connectivity index (χ3v) is 0.880. The van der Waals surface area contributed by atoms with Crippen molar-refractivity contribution in [3.05, 3.63) is 10.8 Å². The van der Waals surface area contributed by atoms with Crippen LogP contribution < -0.4 is 16.4 Å². The molecule has 0 saturated carbocycles. The van der Waals surface area contributed by atoms with Crippen LogP contribution in [0.2, 0.25) is 0 Å². The van der Waals surface area contributed by atoms with Gasteiger partial charge in [0.15, 0.2) is 0 Å². The minimum absolute atomic E-state index is 0.919. The molecule has 6 heavy (non-hydrogen) atoms. The maximum atomic E-state index is 3.16. The van der Waals surface area contributed by atoms with Crippen molar-refractivity contribution >= 4 is 15.9 Å². The van der Waals surface area contributed by atoms with Gasteiger partial charge in [-0.05, 0) is 15.9 Å². The fraction of sp³-hybridized carbons (Fsp3) is 0. The summed E-state index contributed by atoms with van der Waals surface area (Å²) in [4.78, 5) is 0.